The van der Waals surface area contributed by atoms with Gasteiger partial charge >= 0.3 is 0 Å². The summed E-state index contributed by atoms with van der Waals surface area (Å²) < 4.78 is 1.99. The van der Waals surface area contributed by atoms with E-state index in [-0.39, 0.29) is 5.78 Å². The molecule has 27 heavy (non-hydrogen) atoms. The molecule has 1 aliphatic rings. The van der Waals surface area contributed by atoms with Crippen LogP contribution in [0.15, 0.2) is 36.7 Å². The molecule has 0 atom stereocenters. The first-order valence-electron chi connectivity index (χ1n) is 9.29. The number of rotatable bonds is 5. The van der Waals surface area contributed by atoms with Crippen LogP contribution < -0.4 is 5.32 Å². The highest BCUT2D eigenvalue weighted by Crippen LogP contribution is 2.26. The monoisotopic (exact) mass is 359 g/mol. The van der Waals surface area contributed by atoms with Gasteiger partial charge in [-0.3, -0.25) is 4.79 Å². The van der Waals surface area contributed by atoms with E-state index in [9.17, 15) is 4.79 Å². The van der Waals surface area contributed by atoms with Gasteiger partial charge in [0.25, 0.3) is 0 Å². The largest absolute Gasteiger partial charge is 0.324 e. The molecule has 0 spiro atoms. The van der Waals surface area contributed by atoms with Crippen molar-refractivity contribution in [2.24, 2.45) is 5.92 Å². The third-order valence-electron chi connectivity index (χ3n) is 5.07. The van der Waals surface area contributed by atoms with E-state index in [1.165, 1.54) is 32.1 Å². The van der Waals surface area contributed by atoms with Gasteiger partial charge in [0.05, 0.1) is 11.6 Å². The van der Waals surface area contributed by atoms with E-state index < -0.39 is 0 Å². The molecule has 1 aliphatic carbocycles. The van der Waals surface area contributed by atoms with Crippen molar-refractivity contribution >= 4 is 28.5 Å². The molecular formula is C21H21N5O. The van der Waals surface area contributed by atoms with Crippen molar-refractivity contribution in [3.05, 3.63) is 42.2 Å². The van der Waals surface area contributed by atoms with Gasteiger partial charge in [-0.25, -0.2) is 9.67 Å². The van der Waals surface area contributed by atoms with Gasteiger partial charge < -0.3 is 5.32 Å². The zero-order valence-electron chi connectivity index (χ0n) is 15.1. The Labute approximate surface area is 158 Å². The fourth-order valence-electron chi connectivity index (χ4n) is 3.59. The van der Waals surface area contributed by atoms with E-state index in [0.717, 1.165) is 23.3 Å². The van der Waals surface area contributed by atoms with E-state index >= 15 is 0 Å². The van der Waals surface area contributed by atoms with E-state index in [4.69, 9.17) is 6.42 Å². The lowest BCUT2D eigenvalue weighted by atomic mass is 9.89. The molecule has 136 valence electrons. The average Bonchev–Trinajstić information content (AvgIpc) is 3.11. The van der Waals surface area contributed by atoms with Crippen molar-refractivity contribution < 1.29 is 4.79 Å². The lowest BCUT2D eigenvalue weighted by Crippen LogP contribution is -2.15. The molecule has 1 aromatic carbocycles. The average molecular weight is 359 g/mol. The van der Waals surface area contributed by atoms with Crippen LogP contribution >= 0.6 is 0 Å². The number of fused-ring (bicyclic) bond motifs is 1. The number of hydrogen-bond acceptors (Lipinski definition) is 5. The number of aromatic nitrogens is 4. The second kappa shape index (κ2) is 7.58. The highest BCUT2D eigenvalue weighted by Gasteiger charge is 2.16. The van der Waals surface area contributed by atoms with Crippen molar-refractivity contribution in [2.75, 3.05) is 5.32 Å². The van der Waals surface area contributed by atoms with Crippen LogP contribution in [0, 0.1) is 18.3 Å². The maximum absolute atomic E-state index is 11.5. The quantitative estimate of drug-likeness (QED) is 0.424. The summed E-state index contributed by atoms with van der Waals surface area (Å²) in [6, 6.07) is 6.96. The Hall–Kier alpha value is -3.20. The molecule has 4 rings (SSSR count). The van der Waals surface area contributed by atoms with Crippen LogP contribution in [0.5, 0.6) is 0 Å². The second-order valence-corrected chi connectivity index (χ2v) is 6.98. The molecule has 0 saturated heterocycles. The minimum atomic E-state index is -0.328. The number of nitrogens with zero attached hydrogens (tertiary/aromatic N) is 4. The Balaban J connectivity index is 1.53. The first-order valence-corrected chi connectivity index (χ1v) is 9.29. The summed E-state index contributed by atoms with van der Waals surface area (Å²) in [5, 5.41) is 8.62. The number of Topliss-reactive ketones (excluding diaryl/α,β-unsaturated/α-hetero) is 1. The summed E-state index contributed by atoms with van der Waals surface area (Å²) in [5.74, 6) is 2.96. The van der Waals surface area contributed by atoms with Crippen molar-refractivity contribution in [1.29, 1.82) is 0 Å². The number of benzene rings is 1. The van der Waals surface area contributed by atoms with Gasteiger partial charge in [0.2, 0.25) is 11.7 Å². The third-order valence-corrected chi connectivity index (χ3v) is 5.07. The van der Waals surface area contributed by atoms with E-state index in [1.807, 2.05) is 10.9 Å². The fourth-order valence-corrected chi connectivity index (χ4v) is 3.59. The number of ketones is 1. The SMILES string of the molecule is C#CC(=O)c1ccc(Nc2ncc3cnn(CC4CCCCC4)c3n2)cc1. The van der Waals surface area contributed by atoms with Gasteiger partial charge in [-0.05, 0) is 48.9 Å². The number of anilines is 2. The molecule has 1 fully saturated rings. The van der Waals surface area contributed by atoms with Gasteiger partial charge in [-0.1, -0.05) is 19.3 Å². The summed E-state index contributed by atoms with van der Waals surface area (Å²) in [4.78, 5) is 20.5. The molecule has 3 aromatic rings. The van der Waals surface area contributed by atoms with Crippen molar-refractivity contribution in [3.63, 3.8) is 0 Å². The molecule has 0 amide bonds. The van der Waals surface area contributed by atoms with Gasteiger partial charge in [0.15, 0.2) is 5.65 Å². The molecular weight excluding hydrogens is 338 g/mol. The number of carbonyl (C=O) groups is 1. The van der Waals surface area contributed by atoms with Crippen LogP contribution in [0.3, 0.4) is 0 Å². The first-order chi connectivity index (χ1) is 13.2. The summed E-state index contributed by atoms with van der Waals surface area (Å²) in [5.41, 5.74) is 2.13. The van der Waals surface area contributed by atoms with E-state index in [1.54, 1.807) is 30.5 Å². The van der Waals surface area contributed by atoms with Crippen molar-refractivity contribution in [1.82, 2.24) is 19.7 Å². The minimum Gasteiger partial charge on any atom is -0.324 e. The zero-order chi connectivity index (χ0) is 18.6. The smallest absolute Gasteiger partial charge is 0.235 e. The molecule has 6 nitrogen and oxygen atoms in total. The van der Waals surface area contributed by atoms with Crippen LogP contribution in [-0.4, -0.2) is 25.5 Å². The molecule has 0 radical (unpaired) electrons. The normalized spacial score (nSPS) is 14.8. The molecule has 0 aliphatic heterocycles. The standard InChI is InChI=1S/C21H21N5O/c1-2-19(27)16-8-10-18(11-9-16)24-21-22-12-17-13-23-26(20(17)25-21)14-15-6-4-3-5-7-15/h1,8-13,15H,3-7,14H2,(H,22,24,25). The van der Waals surface area contributed by atoms with Crippen LogP contribution in [-0.2, 0) is 6.54 Å². The van der Waals surface area contributed by atoms with Crippen molar-refractivity contribution in [3.8, 4) is 12.3 Å². The predicted molar refractivity (Wildman–Crippen MR) is 105 cm³/mol. The summed E-state index contributed by atoms with van der Waals surface area (Å²) in [7, 11) is 0. The van der Waals surface area contributed by atoms with Crippen LogP contribution in [0.4, 0.5) is 11.6 Å². The number of carbonyl (C=O) groups excluding carboxylic acids is 1. The number of terminal acetylenes is 1. The molecule has 2 aromatic heterocycles. The van der Waals surface area contributed by atoms with Crippen LogP contribution in [0.25, 0.3) is 11.0 Å². The highest BCUT2D eigenvalue weighted by molar-refractivity contribution is 6.08. The van der Waals surface area contributed by atoms with Crippen LogP contribution in [0.1, 0.15) is 42.5 Å². The van der Waals surface area contributed by atoms with Gasteiger partial charge in [-0.15, -0.1) is 6.42 Å². The van der Waals surface area contributed by atoms with Crippen molar-refractivity contribution in [2.45, 2.75) is 38.6 Å². The summed E-state index contributed by atoms with van der Waals surface area (Å²) >= 11 is 0. The summed E-state index contributed by atoms with van der Waals surface area (Å²) in [6.45, 7) is 0.906. The first kappa shape index (κ1) is 17.2. The number of hydrogen-bond donors (Lipinski definition) is 1. The Morgan fingerprint density at radius 1 is 1.19 bits per heavy atom. The van der Waals surface area contributed by atoms with Gasteiger partial charge in [-0.2, -0.15) is 10.1 Å². The lowest BCUT2D eigenvalue weighted by molar-refractivity contribution is 0.105. The molecule has 0 bridgehead atoms. The summed E-state index contributed by atoms with van der Waals surface area (Å²) in [6.07, 6.45) is 15.2. The van der Waals surface area contributed by atoms with Gasteiger partial charge in [0, 0.05) is 24.0 Å². The van der Waals surface area contributed by atoms with Gasteiger partial charge in [0.1, 0.15) is 0 Å². The topological polar surface area (TPSA) is 72.7 Å². The molecule has 1 N–H and O–H groups in total. The molecule has 1 saturated carbocycles. The highest BCUT2D eigenvalue weighted by atomic mass is 16.1. The maximum atomic E-state index is 11.5. The Morgan fingerprint density at radius 3 is 2.70 bits per heavy atom. The molecule has 6 heteroatoms. The predicted octanol–water partition coefficient (Wildman–Crippen LogP) is 3.97. The third kappa shape index (κ3) is 3.82. The van der Waals surface area contributed by atoms with Crippen LogP contribution in [0.2, 0.25) is 0 Å². The fraction of sp³-hybridized carbons (Fsp3) is 0.333. The zero-order valence-corrected chi connectivity index (χ0v) is 15.1. The lowest BCUT2D eigenvalue weighted by Gasteiger charge is -2.21. The Morgan fingerprint density at radius 2 is 1.96 bits per heavy atom. The Bertz CT molecular complexity index is 994. The second-order valence-electron chi connectivity index (χ2n) is 6.98. The number of nitrogens with one attached hydrogen (secondary N) is 1. The maximum Gasteiger partial charge on any atom is 0.235 e. The Kier molecular flexibility index (Phi) is 4.84. The molecule has 0 unspecified atom stereocenters. The van der Waals surface area contributed by atoms with E-state index in [2.05, 4.69) is 26.3 Å². The van der Waals surface area contributed by atoms with E-state index in [0.29, 0.717) is 17.4 Å². The molecule has 2 heterocycles. The minimum absolute atomic E-state index is 0.328.